The van der Waals surface area contributed by atoms with Gasteiger partial charge in [-0.05, 0) is 72.3 Å². The Balaban J connectivity index is 1.29. The molecule has 12 nitrogen and oxygen atoms in total. The maximum atomic E-state index is 14.4. The van der Waals surface area contributed by atoms with Gasteiger partial charge in [-0.2, -0.15) is 0 Å². The number of fused-ring (bicyclic) bond motifs is 3. The van der Waals surface area contributed by atoms with Gasteiger partial charge in [0.2, 0.25) is 5.91 Å². The fourth-order valence-corrected chi connectivity index (χ4v) is 8.98. The lowest BCUT2D eigenvalue weighted by atomic mass is 9.95. The van der Waals surface area contributed by atoms with Gasteiger partial charge in [-0.25, -0.2) is 9.78 Å². The number of alkyl carbamates (subject to hydrolysis) is 1. The molecule has 0 unspecified atom stereocenters. The van der Waals surface area contributed by atoms with Crippen molar-refractivity contribution in [2.45, 2.75) is 111 Å². The lowest BCUT2D eigenvalue weighted by molar-refractivity contribution is -0.149. The lowest BCUT2D eigenvalue weighted by Gasteiger charge is -2.35. The summed E-state index contributed by atoms with van der Waals surface area (Å²) in [4.78, 5) is 72.9. The fraction of sp³-hybridized carbons (Fsp3) is 0.469. The van der Waals surface area contributed by atoms with Crippen LogP contribution in [0.15, 0.2) is 84.2 Å². The second-order valence-corrected chi connectivity index (χ2v) is 17.8. The van der Waals surface area contributed by atoms with E-state index in [1.807, 2.05) is 68.4 Å². The number of carbonyl (C=O) groups excluding carboxylic acids is 5. The summed E-state index contributed by atoms with van der Waals surface area (Å²) in [5.41, 5.74) is 5.58. The molecule has 0 fully saturated rings. The van der Waals surface area contributed by atoms with Crippen molar-refractivity contribution in [1.29, 1.82) is 0 Å². The van der Waals surface area contributed by atoms with Crippen molar-refractivity contribution in [2.75, 3.05) is 20.3 Å². The van der Waals surface area contributed by atoms with Crippen molar-refractivity contribution >= 4 is 41.2 Å². The normalized spacial score (nSPS) is 14.5. The Kier molecular flexibility index (Phi) is 17.2. The molecule has 0 spiro atoms. The molecule has 1 heterocycles. The van der Waals surface area contributed by atoms with Crippen molar-refractivity contribution < 1.29 is 38.2 Å². The molecule has 3 amide bonds. The standard InChI is InChI=1S/C49H62N4O8S/c1-9-59-48(57)32(6)25-35(26-34-17-11-10-12-18-34)50-45(55)42-29-62-46(51-42)44(61-33(7)54)27-43(31(4)5)53(8)47(56)41(24-23-30(2)3)52-49(58)60-28-40-38-21-15-13-19-36(38)37-20-14-16-22-39(37)40/h10-22,29-32,35,40-41,43-44H,9,23-28H2,1-8H3,(H,50,55)(H,52,58)/t32-,35-,41-,43-,44+/m0/s1. The van der Waals surface area contributed by atoms with Crippen LogP contribution < -0.4 is 10.6 Å². The Morgan fingerprint density at radius 3 is 2.03 bits per heavy atom. The number of hydrogen-bond donors (Lipinski definition) is 2. The first kappa shape index (κ1) is 47.5. The van der Waals surface area contributed by atoms with Gasteiger partial charge < -0.3 is 29.7 Å². The van der Waals surface area contributed by atoms with Crippen LogP contribution in [0.25, 0.3) is 11.1 Å². The van der Waals surface area contributed by atoms with Crippen molar-refractivity contribution in [3.8, 4) is 11.1 Å². The number of hydrogen-bond acceptors (Lipinski definition) is 10. The number of ether oxygens (including phenoxy) is 3. The van der Waals surface area contributed by atoms with Crippen molar-refractivity contribution in [1.82, 2.24) is 20.5 Å². The summed E-state index contributed by atoms with van der Waals surface area (Å²) in [6.45, 7) is 13.3. The first-order valence-electron chi connectivity index (χ1n) is 21.7. The Bertz CT molecular complexity index is 2090. The van der Waals surface area contributed by atoms with Crippen LogP contribution in [0.1, 0.15) is 118 Å². The Labute approximate surface area is 370 Å². The van der Waals surface area contributed by atoms with E-state index in [2.05, 4.69) is 53.7 Å². The number of thiazole rings is 1. The number of nitrogens with one attached hydrogen (secondary N) is 2. The van der Waals surface area contributed by atoms with E-state index in [9.17, 15) is 24.0 Å². The summed E-state index contributed by atoms with van der Waals surface area (Å²) in [6.07, 6.45) is 0.604. The van der Waals surface area contributed by atoms with Crippen molar-refractivity contribution in [3.05, 3.63) is 112 Å². The molecule has 1 aliphatic carbocycles. The molecule has 1 aliphatic rings. The summed E-state index contributed by atoms with van der Waals surface area (Å²) in [7, 11) is 1.70. The predicted octanol–water partition coefficient (Wildman–Crippen LogP) is 8.89. The molecule has 5 atom stereocenters. The average molecular weight is 867 g/mol. The zero-order valence-corrected chi connectivity index (χ0v) is 38.0. The second kappa shape index (κ2) is 22.5. The van der Waals surface area contributed by atoms with Crippen LogP contribution in [-0.4, -0.2) is 78.1 Å². The second-order valence-electron chi connectivity index (χ2n) is 16.9. The zero-order valence-electron chi connectivity index (χ0n) is 37.2. The van der Waals surface area contributed by atoms with Gasteiger partial charge >= 0.3 is 18.0 Å². The lowest BCUT2D eigenvalue weighted by Crippen LogP contribution is -2.52. The monoisotopic (exact) mass is 866 g/mol. The van der Waals surface area contributed by atoms with Crippen molar-refractivity contribution in [3.63, 3.8) is 0 Å². The Hall–Kier alpha value is -5.56. The minimum absolute atomic E-state index is 0.0925. The van der Waals surface area contributed by atoms with Crippen LogP contribution in [0.2, 0.25) is 0 Å². The smallest absolute Gasteiger partial charge is 0.407 e. The van der Waals surface area contributed by atoms with Gasteiger partial charge in [0.1, 0.15) is 23.4 Å². The molecular weight excluding hydrogens is 805 g/mol. The van der Waals surface area contributed by atoms with Crippen LogP contribution in [0.4, 0.5) is 4.79 Å². The van der Waals surface area contributed by atoms with Crippen LogP contribution >= 0.6 is 11.3 Å². The SMILES string of the molecule is CCOC(=O)[C@@H](C)C[C@@H](Cc1ccccc1)NC(=O)c1csc([C@@H](C[C@@H](C(C)C)N(C)C(=O)[C@H](CCC(C)C)NC(=O)OCC2c3ccccc3-c3ccccc32)OC(C)=O)n1. The molecule has 5 rings (SSSR count). The number of aromatic nitrogens is 1. The van der Waals surface area contributed by atoms with Gasteiger partial charge in [0, 0.05) is 43.8 Å². The van der Waals surface area contributed by atoms with Crippen molar-refractivity contribution in [2.24, 2.45) is 17.8 Å². The third-order valence-corrected chi connectivity index (χ3v) is 12.3. The predicted molar refractivity (Wildman–Crippen MR) is 241 cm³/mol. The van der Waals surface area contributed by atoms with Crippen LogP contribution in [-0.2, 0) is 35.0 Å². The third kappa shape index (κ3) is 12.7. The topological polar surface area (TPSA) is 153 Å². The first-order chi connectivity index (χ1) is 29.7. The van der Waals surface area contributed by atoms with Gasteiger partial charge in [0.25, 0.3) is 5.91 Å². The minimum atomic E-state index is -0.866. The number of rotatable bonds is 21. The Morgan fingerprint density at radius 1 is 0.806 bits per heavy atom. The number of likely N-dealkylation sites (N-methyl/N-ethyl adjacent to an activating group) is 1. The average Bonchev–Trinajstić information content (AvgIpc) is 3.86. The largest absolute Gasteiger partial charge is 0.466 e. The zero-order chi connectivity index (χ0) is 44.9. The van der Waals surface area contributed by atoms with Gasteiger partial charge in [-0.3, -0.25) is 19.2 Å². The summed E-state index contributed by atoms with van der Waals surface area (Å²) in [5, 5.41) is 7.98. The molecular formula is C49H62N4O8S. The van der Waals surface area contributed by atoms with E-state index in [1.54, 1.807) is 31.2 Å². The van der Waals surface area contributed by atoms with Crippen LogP contribution in [0.5, 0.6) is 0 Å². The fourth-order valence-electron chi connectivity index (χ4n) is 8.14. The minimum Gasteiger partial charge on any atom is -0.466 e. The molecule has 0 saturated heterocycles. The molecule has 0 saturated carbocycles. The van der Waals surface area contributed by atoms with E-state index in [1.165, 1.54) is 18.3 Å². The van der Waals surface area contributed by atoms with Crippen LogP contribution in [0, 0.1) is 17.8 Å². The van der Waals surface area contributed by atoms with Gasteiger partial charge in [0.05, 0.1) is 12.5 Å². The summed E-state index contributed by atoms with van der Waals surface area (Å²) >= 11 is 1.19. The molecule has 4 aromatic rings. The number of amides is 3. The highest BCUT2D eigenvalue weighted by Gasteiger charge is 2.35. The van der Waals surface area contributed by atoms with Crippen LogP contribution in [0.3, 0.4) is 0 Å². The molecule has 0 aliphatic heterocycles. The number of nitrogens with zero attached hydrogens (tertiary/aromatic N) is 2. The van der Waals surface area contributed by atoms with Gasteiger partial charge in [-0.1, -0.05) is 113 Å². The Morgan fingerprint density at radius 2 is 1.44 bits per heavy atom. The molecule has 62 heavy (non-hydrogen) atoms. The van der Waals surface area contributed by atoms with E-state index >= 15 is 0 Å². The van der Waals surface area contributed by atoms with E-state index in [4.69, 9.17) is 14.2 Å². The van der Waals surface area contributed by atoms with E-state index < -0.39 is 48.1 Å². The highest BCUT2D eigenvalue weighted by atomic mass is 32.1. The van der Waals surface area contributed by atoms with Gasteiger partial charge in [0.15, 0.2) is 6.10 Å². The molecule has 1 aromatic heterocycles. The quantitative estimate of drug-likeness (QED) is 0.0618. The first-order valence-corrected chi connectivity index (χ1v) is 22.6. The molecule has 332 valence electrons. The molecule has 3 aromatic carbocycles. The number of esters is 2. The highest BCUT2D eigenvalue weighted by Crippen LogP contribution is 2.44. The van der Waals surface area contributed by atoms with Gasteiger partial charge in [-0.15, -0.1) is 11.3 Å². The van der Waals surface area contributed by atoms with E-state index in [0.29, 0.717) is 30.7 Å². The third-order valence-electron chi connectivity index (χ3n) is 11.4. The molecule has 13 heteroatoms. The summed E-state index contributed by atoms with van der Waals surface area (Å²) < 4.78 is 16.9. The van der Waals surface area contributed by atoms with E-state index in [0.717, 1.165) is 27.8 Å². The molecule has 0 bridgehead atoms. The number of carbonyl (C=O) groups is 5. The summed E-state index contributed by atoms with van der Waals surface area (Å²) in [5.74, 6) is -1.97. The van der Waals surface area contributed by atoms with E-state index in [-0.39, 0.29) is 55.0 Å². The molecule has 0 radical (unpaired) electrons. The summed E-state index contributed by atoms with van der Waals surface area (Å²) in [6, 6.07) is 24.2. The maximum Gasteiger partial charge on any atom is 0.407 e. The highest BCUT2D eigenvalue weighted by molar-refractivity contribution is 7.09. The molecule has 2 N–H and O–H groups in total. The maximum absolute atomic E-state index is 14.4. The number of benzene rings is 3.